The van der Waals surface area contributed by atoms with Crippen LogP contribution in [0.1, 0.15) is 36.2 Å². The summed E-state index contributed by atoms with van der Waals surface area (Å²) in [6.45, 7) is 4.05. The highest BCUT2D eigenvalue weighted by Gasteiger charge is 2.28. The summed E-state index contributed by atoms with van der Waals surface area (Å²) in [5.41, 5.74) is 1.38. The topological polar surface area (TPSA) is 26.3 Å². The maximum absolute atomic E-state index is 10.9. The monoisotopic (exact) mass is 224 g/mol. The van der Waals surface area contributed by atoms with Crippen LogP contribution in [-0.2, 0) is 6.42 Å². The normalized spacial score (nSPS) is 17.8. The van der Waals surface area contributed by atoms with Crippen molar-refractivity contribution < 1.29 is 9.53 Å². The van der Waals surface area contributed by atoms with Crippen molar-refractivity contribution in [1.29, 1.82) is 0 Å². The van der Waals surface area contributed by atoms with Gasteiger partial charge in [-0.2, -0.15) is 0 Å². The average molecular weight is 225 g/mol. The van der Waals surface area contributed by atoms with Gasteiger partial charge >= 0.3 is 0 Å². The zero-order valence-corrected chi connectivity index (χ0v) is 9.60. The van der Waals surface area contributed by atoms with E-state index in [1.54, 1.807) is 6.07 Å². The quantitative estimate of drug-likeness (QED) is 0.685. The fraction of sp³-hybridized carbons (Fsp3) is 0.417. The van der Waals surface area contributed by atoms with E-state index in [9.17, 15) is 4.79 Å². The summed E-state index contributed by atoms with van der Waals surface area (Å²) in [4.78, 5) is 10.9. The van der Waals surface area contributed by atoms with Gasteiger partial charge in [0, 0.05) is 5.02 Å². The molecule has 0 radical (unpaired) electrons. The van der Waals surface area contributed by atoms with Gasteiger partial charge in [0.1, 0.15) is 11.4 Å². The Morgan fingerprint density at radius 2 is 2.20 bits per heavy atom. The van der Waals surface area contributed by atoms with Gasteiger partial charge in [0.2, 0.25) is 0 Å². The lowest BCUT2D eigenvalue weighted by Crippen LogP contribution is -2.33. The van der Waals surface area contributed by atoms with E-state index < -0.39 is 0 Å². The highest BCUT2D eigenvalue weighted by atomic mass is 35.5. The molecule has 0 aliphatic carbocycles. The Hall–Kier alpha value is -1.02. The van der Waals surface area contributed by atoms with Crippen LogP contribution < -0.4 is 4.74 Å². The number of benzene rings is 1. The van der Waals surface area contributed by atoms with Gasteiger partial charge in [0.15, 0.2) is 6.29 Å². The lowest BCUT2D eigenvalue weighted by atomic mass is 9.93. The molecule has 0 N–H and O–H groups in total. The van der Waals surface area contributed by atoms with E-state index in [1.165, 1.54) is 0 Å². The Morgan fingerprint density at radius 1 is 1.47 bits per heavy atom. The summed E-state index contributed by atoms with van der Waals surface area (Å²) >= 11 is 5.92. The smallest absolute Gasteiger partial charge is 0.153 e. The molecule has 0 atom stereocenters. The van der Waals surface area contributed by atoms with Crippen molar-refractivity contribution in [3.8, 4) is 5.75 Å². The van der Waals surface area contributed by atoms with E-state index in [1.807, 2.05) is 19.9 Å². The standard InChI is InChI=1S/C12H13ClO2/c1-12(2)4-3-8-5-10(13)6-9(7-14)11(8)15-12/h5-7H,3-4H2,1-2H3. The first-order valence-corrected chi connectivity index (χ1v) is 5.36. The van der Waals surface area contributed by atoms with Gasteiger partial charge < -0.3 is 4.74 Å². The van der Waals surface area contributed by atoms with Crippen LogP contribution in [0.3, 0.4) is 0 Å². The molecule has 1 heterocycles. The first-order chi connectivity index (χ1) is 7.02. The average Bonchev–Trinajstić information content (AvgIpc) is 2.17. The Bertz CT molecular complexity index is 410. The number of fused-ring (bicyclic) bond motifs is 1. The first kappa shape index (κ1) is 10.5. The third-order valence-electron chi connectivity index (χ3n) is 2.66. The van der Waals surface area contributed by atoms with Crippen molar-refractivity contribution in [3.63, 3.8) is 0 Å². The molecular formula is C12H13ClO2. The molecule has 80 valence electrons. The van der Waals surface area contributed by atoms with Crippen LogP contribution in [0.5, 0.6) is 5.75 Å². The molecule has 1 aromatic rings. The number of aryl methyl sites for hydroxylation is 1. The molecule has 0 fully saturated rings. The van der Waals surface area contributed by atoms with Crippen LogP contribution in [-0.4, -0.2) is 11.9 Å². The molecule has 0 bridgehead atoms. The van der Waals surface area contributed by atoms with Gasteiger partial charge in [-0.15, -0.1) is 0 Å². The molecule has 0 aromatic heterocycles. The molecule has 3 heteroatoms. The molecule has 15 heavy (non-hydrogen) atoms. The number of rotatable bonds is 1. The number of carbonyl (C=O) groups excluding carboxylic acids is 1. The van der Waals surface area contributed by atoms with Crippen molar-refractivity contribution in [2.45, 2.75) is 32.3 Å². The number of carbonyl (C=O) groups is 1. The molecule has 0 amide bonds. The number of halogens is 1. The highest BCUT2D eigenvalue weighted by molar-refractivity contribution is 6.31. The minimum absolute atomic E-state index is 0.196. The molecular weight excluding hydrogens is 212 g/mol. The predicted octanol–water partition coefficient (Wildman–Crippen LogP) is 3.26. The van der Waals surface area contributed by atoms with Gasteiger partial charge in [-0.05, 0) is 44.4 Å². The first-order valence-electron chi connectivity index (χ1n) is 4.98. The van der Waals surface area contributed by atoms with Gasteiger partial charge in [-0.3, -0.25) is 4.79 Å². The Labute approximate surface area is 94.2 Å². The van der Waals surface area contributed by atoms with E-state index in [4.69, 9.17) is 16.3 Å². The minimum atomic E-state index is -0.196. The number of ether oxygens (including phenoxy) is 1. The summed E-state index contributed by atoms with van der Waals surface area (Å²) in [7, 11) is 0. The molecule has 1 aromatic carbocycles. The maximum Gasteiger partial charge on any atom is 0.153 e. The molecule has 0 unspecified atom stereocenters. The zero-order chi connectivity index (χ0) is 11.1. The fourth-order valence-corrected chi connectivity index (χ4v) is 2.08. The second-order valence-corrected chi connectivity index (χ2v) is 4.90. The summed E-state index contributed by atoms with van der Waals surface area (Å²) in [5, 5.41) is 0.596. The molecule has 1 aliphatic rings. The van der Waals surface area contributed by atoms with E-state index >= 15 is 0 Å². The second-order valence-electron chi connectivity index (χ2n) is 4.46. The summed E-state index contributed by atoms with van der Waals surface area (Å²) in [5.74, 6) is 0.700. The highest BCUT2D eigenvalue weighted by Crippen LogP contribution is 2.36. The summed E-state index contributed by atoms with van der Waals surface area (Å²) in [6, 6.07) is 3.52. The third kappa shape index (κ3) is 2.00. The molecule has 2 nitrogen and oxygen atoms in total. The Balaban J connectivity index is 2.52. The van der Waals surface area contributed by atoms with Crippen molar-refractivity contribution in [2.24, 2.45) is 0 Å². The molecule has 0 spiro atoms. The summed E-state index contributed by atoms with van der Waals surface area (Å²) < 4.78 is 5.81. The molecule has 0 saturated carbocycles. The van der Waals surface area contributed by atoms with E-state index in [2.05, 4.69) is 0 Å². The maximum atomic E-state index is 10.9. The van der Waals surface area contributed by atoms with Crippen molar-refractivity contribution in [3.05, 3.63) is 28.3 Å². The Morgan fingerprint density at radius 3 is 2.87 bits per heavy atom. The molecule has 2 rings (SSSR count). The van der Waals surface area contributed by atoms with Crippen molar-refractivity contribution in [2.75, 3.05) is 0 Å². The fourth-order valence-electron chi connectivity index (χ4n) is 1.83. The second kappa shape index (κ2) is 3.53. The van der Waals surface area contributed by atoms with Crippen LogP contribution in [0.25, 0.3) is 0 Å². The van der Waals surface area contributed by atoms with E-state index in [0.717, 1.165) is 24.7 Å². The lowest BCUT2D eigenvalue weighted by Gasteiger charge is -2.33. The lowest BCUT2D eigenvalue weighted by molar-refractivity contribution is 0.0825. The minimum Gasteiger partial charge on any atom is -0.487 e. The largest absolute Gasteiger partial charge is 0.487 e. The van der Waals surface area contributed by atoms with E-state index in [0.29, 0.717) is 16.3 Å². The van der Waals surface area contributed by atoms with Crippen LogP contribution in [0.4, 0.5) is 0 Å². The van der Waals surface area contributed by atoms with Crippen LogP contribution in [0.15, 0.2) is 12.1 Å². The van der Waals surface area contributed by atoms with Crippen molar-refractivity contribution >= 4 is 17.9 Å². The molecule has 1 aliphatic heterocycles. The van der Waals surface area contributed by atoms with Crippen LogP contribution in [0, 0.1) is 0 Å². The van der Waals surface area contributed by atoms with Crippen LogP contribution >= 0.6 is 11.6 Å². The Kier molecular flexibility index (Phi) is 2.47. The van der Waals surface area contributed by atoms with E-state index in [-0.39, 0.29) is 5.60 Å². The summed E-state index contributed by atoms with van der Waals surface area (Å²) in [6.07, 6.45) is 2.65. The van der Waals surface area contributed by atoms with Gasteiger partial charge in [-0.25, -0.2) is 0 Å². The predicted molar refractivity (Wildman–Crippen MR) is 59.9 cm³/mol. The van der Waals surface area contributed by atoms with Gasteiger partial charge in [-0.1, -0.05) is 11.6 Å². The number of hydrogen-bond acceptors (Lipinski definition) is 2. The SMILES string of the molecule is CC1(C)CCc2cc(Cl)cc(C=O)c2O1. The third-order valence-corrected chi connectivity index (χ3v) is 2.88. The molecule has 0 saturated heterocycles. The van der Waals surface area contributed by atoms with Crippen LogP contribution in [0.2, 0.25) is 5.02 Å². The van der Waals surface area contributed by atoms with Crippen molar-refractivity contribution in [1.82, 2.24) is 0 Å². The number of aldehydes is 1. The number of hydrogen-bond donors (Lipinski definition) is 0. The van der Waals surface area contributed by atoms with Gasteiger partial charge in [0.25, 0.3) is 0 Å². The zero-order valence-electron chi connectivity index (χ0n) is 8.84. The van der Waals surface area contributed by atoms with Gasteiger partial charge in [0.05, 0.1) is 5.56 Å².